The zero-order valence-corrected chi connectivity index (χ0v) is 12.1. The van der Waals surface area contributed by atoms with Crippen molar-refractivity contribution in [1.29, 1.82) is 0 Å². The Hall–Kier alpha value is -2.13. The smallest absolute Gasteiger partial charge is 0.244 e. The summed E-state index contributed by atoms with van der Waals surface area (Å²) in [6.45, 7) is 1.76. The maximum Gasteiger partial charge on any atom is 0.244 e. The minimum absolute atomic E-state index is 0.114. The molecular weight excluding hydrogens is 260 g/mol. The average molecular weight is 280 g/mol. The number of rotatable bonds is 4. The predicted octanol–water partition coefficient (Wildman–Crippen LogP) is 2.53. The van der Waals surface area contributed by atoms with E-state index in [-0.39, 0.29) is 11.9 Å². The van der Waals surface area contributed by atoms with Gasteiger partial charge in [-0.15, -0.1) is 0 Å². The highest BCUT2D eigenvalue weighted by Gasteiger charge is 2.42. The Bertz CT molecular complexity index is 622. The van der Waals surface area contributed by atoms with Crippen LogP contribution in [-0.2, 0) is 10.3 Å². The Morgan fingerprint density at radius 1 is 1.10 bits per heavy atom. The Balaban J connectivity index is 1.66. The molecule has 3 unspecified atom stereocenters. The molecule has 21 heavy (non-hydrogen) atoms. The Morgan fingerprint density at radius 3 is 2.29 bits per heavy atom. The molecule has 3 N–H and O–H groups in total. The lowest BCUT2D eigenvalue weighted by Crippen LogP contribution is -2.49. The number of carbonyl (C=O) groups excluding carboxylic acids is 1. The monoisotopic (exact) mass is 280 g/mol. The van der Waals surface area contributed by atoms with Crippen molar-refractivity contribution in [2.45, 2.75) is 30.8 Å². The molecule has 0 heterocycles. The molecule has 108 valence electrons. The van der Waals surface area contributed by atoms with Crippen LogP contribution in [-0.4, -0.2) is 11.9 Å². The molecule has 0 bridgehead atoms. The molecule has 2 aromatic rings. The Morgan fingerprint density at radius 2 is 1.67 bits per heavy atom. The van der Waals surface area contributed by atoms with E-state index in [1.807, 2.05) is 48.5 Å². The summed E-state index contributed by atoms with van der Waals surface area (Å²) in [7, 11) is 0. The molecule has 0 spiro atoms. The van der Waals surface area contributed by atoms with Gasteiger partial charge in [0.1, 0.15) is 5.54 Å². The molecule has 1 aliphatic carbocycles. The molecule has 1 amide bonds. The molecule has 3 atom stereocenters. The second-order valence-corrected chi connectivity index (χ2v) is 5.90. The minimum atomic E-state index is -0.995. The number of hydrogen-bond acceptors (Lipinski definition) is 2. The molecule has 0 aliphatic heterocycles. The summed E-state index contributed by atoms with van der Waals surface area (Å²) in [5.74, 6) is 0.304. The van der Waals surface area contributed by atoms with Crippen molar-refractivity contribution >= 4 is 5.91 Å². The second kappa shape index (κ2) is 5.34. The lowest BCUT2D eigenvalue weighted by molar-refractivity contribution is -0.126. The third kappa shape index (κ3) is 2.83. The summed E-state index contributed by atoms with van der Waals surface area (Å²) in [5, 5.41) is 3.08. The van der Waals surface area contributed by atoms with Gasteiger partial charge in [-0.2, -0.15) is 0 Å². The SMILES string of the molecule is CC(N)(C(=O)NC1CC1c1ccccc1)c1ccccc1. The molecule has 3 nitrogen and oxygen atoms in total. The van der Waals surface area contributed by atoms with Gasteiger partial charge < -0.3 is 11.1 Å². The number of hydrogen-bond donors (Lipinski definition) is 2. The van der Waals surface area contributed by atoms with Crippen molar-refractivity contribution in [1.82, 2.24) is 5.32 Å². The highest BCUT2D eigenvalue weighted by atomic mass is 16.2. The molecule has 0 radical (unpaired) electrons. The lowest BCUT2D eigenvalue weighted by atomic mass is 9.92. The first-order valence-electron chi connectivity index (χ1n) is 7.29. The molecule has 1 saturated carbocycles. The largest absolute Gasteiger partial charge is 0.351 e. The second-order valence-electron chi connectivity index (χ2n) is 5.90. The van der Waals surface area contributed by atoms with E-state index in [1.165, 1.54) is 5.56 Å². The summed E-state index contributed by atoms with van der Waals surface area (Å²) >= 11 is 0. The van der Waals surface area contributed by atoms with Crippen LogP contribution in [0.25, 0.3) is 0 Å². The molecule has 3 heteroatoms. The number of nitrogens with two attached hydrogens (primary N) is 1. The average Bonchev–Trinajstić information content (AvgIpc) is 3.28. The maximum absolute atomic E-state index is 12.5. The third-order valence-corrected chi connectivity index (χ3v) is 4.18. The summed E-state index contributed by atoms with van der Waals surface area (Å²) < 4.78 is 0. The molecule has 1 fully saturated rings. The third-order valence-electron chi connectivity index (χ3n) is 4.18. The molecule has 2 aromatic carbocycles. The molecular formula is C18H20N2O. The number of carbonyl (C=O) groups is 1. The fraction of sp³-hybridized carbons (Fsp3) is 0.278. The minimum Gasteiger partial charge on any atom is -0.351 e. The van der Waals surface area contributed by atoms with Crippen LogP contribution < -0.4 is 11.1 Å². The number of nitrogens with one attached hydrogen (secondary N) is 1. The number of benzene rings is 2. The van der Waals surface area contributed by atoms with Crippen molar-refractivity contribution in [3.63, 3.8) is 0 Å². The van der Waals surface area contributed by atoms with Gasteiger partial charge in [0.2, 0.25) is 5.91 Å². The van der Waals surface area contributed by atoms with Crippen molar-refractivity contribution in [2.75, 3.05) is 0 Å². The van der Waals surface area contributed by atoms with E-state index in [9.17, 15) is 4.79 Å². The van der Waals surface area contributed by atoms with E-state index in [4.69, 9.17) is 5.73 Å². The van der Waals surface area contributed by atoms with Crippen LogP contribution in [0.4, 0.5) is 0 Å². The zero-order chi connectivity index (χ0) is 14.9. The Kier molecular flexibility index (Phi) is 3.52. The van der Waals surface area contributed by atoms with Crippen molar-refractivity contribution in [2.24, 2.45) is 5.73 Å². The summed E-state index contributed by atoms with van der Waals surface area (Å²) in [5.41, 5.74) is 7.35. The predicted molar refractivity (Wildman–Crippen MR) is 83.7 cm³/mol. The van der Waals surface area contributed by atoms with Crippen molar-refractivity contribution in [3.8, 4) is 0 Å². The fourth-order valence-corrected chi connectivity index (χ4v) is 2.66. The van der Waals surface area contributed by atoms with Crippen LogP contribution in [0.3, 0.4) is 0 Å². The van der Waals surface area contributed by atoms with Crippen LogP contribution >= 0.6 is 0 Å². The van der Waals surface area contributed by atoms with Crippen LogP contribution in [0.2, 0.25) is 0 Å². The van der Waals surface area contributed by atoms with Gasteiger partial charge in [0.05, 0.1) is 0 Å². The first-order valence-corrected chi connectivity index (χ1v) is 7.29. The van der Waals surface area contributed by atoms with E-state index < -0.39 is 5.54 Å². The van der Waals surface area contributed by atoms with Crippen LogP contribution in [0.15, 0.2) is 60.7 Å². The van der Waals surface area contributed by atoms with Crippen LogP contribution in [0.1, 0.15) is 30.4 Å². The zero-order valence-electron chi connectivity index (χ0n) is 12.1. The van der Waals surface area contributed by atoms with Gasteiger partial charge in [0.25, 0.3) is 0 Å². The normalized spacial score (nSPS) is 23.1. The van der Waals surface area contributed by atoms with Gasteiger partial charge in [-0.05, 0) is 24.5 Å². The quantitative estimate of drug-likeness (QED) is 0.904. The lowest BCUT2D eigenvalue weighted by Gasteiger charge is -2.24. The van der Waals surface area contributed by atoms with Crippen molar-refractivity contribution in [3.05, 3.63) is 71.8 Å². The molecule has 3 rings (SSSR count). The highest BCUT2D eigenvalue weighted by molar-refractivity contribution is 5.87. The van der Waals surface area contributed by atoms with E-state index in [1.54, 1.807) is 6.92 Å². The standard InChI is InChI=1S/C18H20N2O/c1-18(19,14-10-6-3-7-11-14)17(21)20-16-12-15(16)13-8-4-2-5-9-13/h2-11,15-16H,12,19H2,1H3,(H,20,21). The highest BCUT2D eigenvalue weighted by Crippen LogP contribution is 2.41. The Labute approximate surface area is 125 Å². The van der Waals surface area contributed by atoms with E-state index in [0.29, 0.717) is 5.92 Å². The topological polar surface area (TPSA) is 55.1 Å². The fourth-order valence-electron chi connectivity index (χ4n) is 2.66. The molecule has 0 aromatic heterocycles. The van der Waals surface area contributed by atoms with Gasteiger partial charge >= 0.3 is 0 Å². The van der Waals surface area contributed by atoms with Gasteiger partial charge in [-0.25, -0.2) is 0 Å². The summed E-state index contributed by atoms with van der Waals surface area (Å²) in [6, 6.07) is 20.0. The van der Waals surface area contributed by atoms with E-state index in [2.05, 4.69) is 17.4 Å². The van der Waals surface area contributed by atoms with Gasteiger partial charge in [0.15, 0.2) is 0 Å². The first-order chi connectivity index (χ1) is 10.1. The van der Waals surface area contributed by atoms with E-state index >= 15 is 0 Å². The van der Waals surface area contributed by atoms with Crippen LogP contribution in [0, 0.1) is 0 Å². The maximum atomic E-state index is 12.5. The van der Waals surface area contributed by atoms with E-state index in [0.717, 1.165) is 12.0 Å². The molecule has 1 aliphatic rings. The summed E-state index contributed by atoms with van der Waals surface area (Å²) in [6.07, 6.45) is 0.987. The van der Waals surface area contributed by atoms with Gasteiger partial charge in [-0.1, -0.05) is 60.7 Å². The summed E-state index contributed by atoms with van der Waals surface area (Å²) in [4.78, 5) is 12.5. The van der Waals surface area contributed by atoms with Crippen molar-refractivity contribution < 1.29 is 4.79 Å². The molecule has 0 saturated heterocycles. The van der Waals surface area contributed by atoms with Gasteiger partial charge in [-0.3, -0.25) is 4.79 Å². The van der Waals surface area contributed by atoms with Crippen LogP contribution in [0.5, 0.6) is 0 Å². The van der Waals surface area contributed by atoms with Gasteiger partial charge in [0, 0.05) is 12.0 Å². The number of amides is 1. The first kappa shape index (κ1) is 13.8.